The minimum atomic E-state index is -1.89. The van der Waals surface area contributed by atoms with Gasteiger partial charge in [0.25, 0.3) is 0 Å². The predicted octanol–water partition coefficient (Wildman–Crippen LogP) is 5.39. The molecule has 0 amide bonds. The van der Waals surface area contributed by atoms with E-state index in [1.807, 2.05) is 55.3 Å². The van der Waals surface area contributed by atoms with Gasteiger partial charge in [0.1, 0.15) is 5.82 Å². The third-order valence-electron chi connectivity index (χ3n) is 6.18. The van der Waals surface area contributed by atoms with E-state index in [0.717, 1.165) is 33.4 Å². The number of rotatable bonds is 6. The van der Waals surface area contributed by atoms with E-state index in [4.69, 9.17) is 9.41 Å². The molecule has 4 heterocycles. The average molecular weight is 462 g/mol. The van der Waals surface area contributed by atoms with Crippen molar-refractivity contribution in [2.75, 3.05) is 5.32 Å². The quantitative estimate of drug-likeness (QED) is 0.385. The number of nitrogens with one attached hydrogen (secondary N) is 1. The van der Waals surface area contributed by atoms with Gasteiger partial charge < -0.3 is 9.74 Å². The highest BCUT2D eigenvalue weighted by molar-refractivity contribution is 6.74. The molecule has 0 aliphatic rings. The summed E-state index contributed by atoms with van der Waals surface area (Å²) in [5.41, 5.74) is 5.52. The summed E-state index contributed by atoms with van der Waals surface area (Å²) in [4.78, 5) is 9.38. The summed E-state index contributed by atoms with van der Waals surface area (Å²) in [6.07, 6.45) is 5.60. The second kappa shape index (κ2) is 8.64. The lowest BCUT2D eigenvalue weighted by molar-refractivity contribution is 0.271. The van der Waals surface area contributed by atoms with E-state index >= 15 is 0 Å². The molecule has 0 unspecified atom stereocenters. The molecule has 4 rings (SSSR count). The Morgan fingerprint density at radius 1 is 1.06 bits per heavy atom. The molecule has 0 aliphatic heterocycles. The largest absolute Gasteiger partial charge is 0.411 e. The molecule has 0 fully saturated rings. The van der Waals surface area contributed by atoms with E-state index < -0.39 is 8.32 Å². The summed E-state index contributed by atoms with van der Waals surface area (Å²) in [6, 6.07) is 7.81. The molecule has 1 N–H and O–H groups in total. The summed E-state index contributed by atoms with van der Waals surface area (Å²) in [5.74, 6) is 1.34. The number of pyridine rings is 2. The molecular weight excluding hydrogens is 430 g/mol. The minimum absolute atomic E-state index is 0.140. The molecular formula is C24H31N7OSi. The standard InChI is InChI=1S/C24H31N7OSi/c1-16-10-23(29-26-12-16)28-22-9-8-19-20(27-22)11-17(13-25-19)18-14-31(5)30-21(18)15-32-33(6,7)24(2,3)4/h8-14H,15H2,1-7H3,(H,27,28,29). The lowest BCUT2D eigenvalue weighted by Crippen LogP contribution is -2.40. The Bertz CT molecular complexity index is 1290. The van der Waals surface area contributed by atoms with Crippen molar-refractivity contribution < 1.29 is 4.43 Å². The van der Waals surface area contributed by atoms with Crippen LogP contribution < -0.4 is 5.32 Å². The van der Waals surface area contributed by atoms with Gasteiger partial charge in [-0.2, -0.15) is 10.2 Å². The van der Waals surface area contributed by atoms with E-state index in [9.17, 15) is 0 Å². The Hall–Kier alpha value is -3.17. The number of hydrogen-bond donors (Lipinski definition) is 1. The zero-order chi connectivity index (χ0) is 23.8. The van der Waals surface area contributed by atoms with E-state index in [1.165, 1.54) is 0 Å². The van der Waals surface area contributed by atoms with Gasteiger partial charge in [-0.3, -0.25) is 9.67 Å². The van der Waals surface area contributed by atoms with Gasteiger partial charge >= 0.3 is 0 Å². The maximum absolute atomic E-state index is 6.44. The number of aromatic nitrogens is 6. The summed E-state index contributed by atoms with van der Waals surface area (Å²) < 4.78 is 8.27. The number of fused-ring (bicyclic) bond motifs is 1. The number of aryl methyl sites for hydroxylation is 2. The molecule has 172 valence electrons. The fraction of sp³-hybridized carbons (Fsp3) is 0.375. The van der Waals surface area contributed by atoms with Crippen LogP contribution in [0.5, 0.6) is 0 Å². The fourth-order valence-corrected chi connectivity index (χ4v) is 4.16. The van der Waals surface area contributed by atoms with Gasteiger partial charge in [-0.25, -0.2) is 4.98 Å². The molecule has 0 bridgehead atoms. The van der Waals surface area contributed by atoms with Gasteiger partial charge in [0, 0.05) is 30.6 Å². The van der Waals surface area contributed by atoms with Crippen LogP contribution in [0.15, 0.2) is 42.9 Å². The predicted molar refractivity (Wildman–Crippen MR) is 134 cm³/mol. The van der Waals surface area contributed by atoms with Crippen LogP contribution in [0.2, 0.25) is 18.1 Å². The smallest absolute Gasteiger partial charge is 0.192 e. The van der Waals surface area contributed by atoms with Crippen LogP contribution in [0.1, 0.15) is 32.0 Å². The van der Waals surface area contributed by atoms with Crippen LogP contribution in [0, 0.1) is 6.92 Å². The van der Waals surface area contributed by atoms with Crippen LogP contribution in [-0.2, 0) is 18.1 Å². The van der Waals surface area contributed by atoms with Gasteiger partial charge in [-0.1, -0.05) is 20.8 Å². The lowest BCUT2D eigenvalue weighted by Gasteiger charge is -2.36. The summed E-state index contributed by atoms with van der Waals surface area (Å²) in [7, 11) is 0.0363. The molecule has 0 saturated carbocycles. The minimum Gasteiger partial charge on any atom is -0.411 e. The van der Waals surface area contributed by atoms with Crippen molar-refractivity contribution >= 4 is 31.0 Å². The highest BCUT2D eigenvalue weighted by Gasteiger charge is 2.37. The first-order chi connectivity index (χ1) is 15.5. The van der Waals surface area contributed by atoms with E-state index in [2.05, 4.69) is 59.5 Å². The zero-order valence-corrected chi connectivity index (χ0v) is 21.3. The van der Waals surface area contributed by atoms with Crippen LogP contribution >= 0.6 is 0 Å². The second-order valence-corrected chi connectivity index (χ2v) is 14.7. The van der Waals surface area contributed by atoms with Crippen molar-refractivity contribution in [3.63, 3.8) is 0 Å². The molecule has 4 aromatic rings. The molecule has 0 aliphatic carbocycles. The topological polar surface area (TPSA) is 90.6 Å². The fourth-order valence-electron chi connectivity index (χ4n) is 3.23. The molecule has 0 atom stereocenters. The second-order valence-electron chi connectivity index (χ2n) is 9.91. The summed E-state index contributed by atoms with van der Waals surface area (Å²) >= 11 is 0. The molecule has 4 aromatic heterocycles. The van der Waals surface area contributed by atoms with E-state index in [0.29, 0.717) is 18.2 Å². The van der Waals surface area contributed by atoms with Crippen molar-refractivity contribution in [2.45, 2.75) is 52.4 Å². The summed E-state index contributed by atoms with van der Waals surface area (Å²) in [5, 5.41) is 16.1. The van der Waals surface area contributed by atoms with Crippen molar-refractivity contribution in [3.8, 4) is 11.1 Å². The maximum Gasteiger partial charge on any atom is 0.192 e. The first-order valence-corrected chi connectivity index (χ1v) is 13.9. The zero-order valence-electron chi connectivity index (χ0n) is 20.3. The van der Waals surface area contributed by atoms with Crippen molar-refractivity contribution in [1.82, 2.24) is 29.9 Å². The van der Waals surface area contributed by atoms with Gasteiger partial charge in [0.15, 0.2) is 14.1 Å². The SMILES string of the molecule is Cc1cnnc(Nc2ccc3ncc(-c4cn(C)nc4CO[Si](C)(C)C(C)(C)C)cc3n2)c1. The third kappa shape index (κ3) is 5.09. The first-order valence-electron chi connectivity index (χ1n) is 11.0. The lowest BCUT2D eigenvalue weighted by atomic mass is 10.1. The Kier molecular flexibility index (Phi) is 6.02. The van der Waals surface area contributed by atoms with Gasteiger partial charge in [-0.05, 0) is 54.9 Å². The molecule has 0 radical (unpaired) electrons. The summed E-state index contributed by atoms with van der Waals surface area (Å²) in [6.45, 7) is 13.7. The Morgan fingerprint density at radius 2 is 1.85 bits per heavy atom. The van der Waals surface area contributed by atoms with Crippen LogP contribution in [0.3, 0.4) is 0 Å². The van der Waals surface area contributed by atoms with Crippen molar-refractivity contribution in [3.05, 3.63) is 54.1 Å². The van der Waals surface area contributed by atoms with Crippen LogP contribution in [0.4, 0.5) is 11.6 Å². The monoisotopic (exact) mass is 461 g/mol. The Morgan fingerprint density at radius 3 is 2.58 bits per heavy atom. The van der Waals surface area contributed by atoms with Crippen molar-refractivity contribution in [2.24, 2.45) is 7.05 Å². The van der Waals surface area contributed by atoms with Gasteiger partial charge in [0.05, 0.1) is 29.5 Å². The van der Waals surface area contributed by atoms with Crippen LogP contribution in [-0.4, -0.2) is 38.3 Å². The van der Waals surface area contributed by atoms with E-state index in [-0.39, 0.29) is 5.04 Å². The van der Waals surface area contributed by atoms with Gasteiger partial charge in [0.2, 0.25) is 0 Å². The highest BCUT2D eigenvalue weighted by atomic mass is 28.4. The van der Waals surface area contributed by atoms with Crippen molar-refractivity contribution in [1.29, 1.82) is 0 Å². The first kappa shape index (κ1) is 23.0. The highest BCUT2D eigenvalue weighted by Crippen LogP contribution is 2.37. The number of hydrogen-bond acceptors (Lipinski definition) is 7. The molecule has 9 heteroatoms. The maximum atomic E-state index is 6.44. The normalized spacial score (nSPS) is 12.3. The Labute approximate surface area is 195 Å². The molecule has 0 spiro atoms. The Balaban J connectivity index is 1.63. The number of nitrogens with zero attached hydrogens (tertiary/aromatic N) is 6. The van der Waals surface area contributed by atoms with E-state index in [1.54, 1.807) is 6.20 Å². The number of anilines is 2. The molecule has 33 heavy (non-hydrogen) atoms. The van der Waals surface area contributed by atoms with Gasteiger partial charge in [-0.15, -0.1) is 5.10 Å². The van der Waals surface area contributed by atoms with Crippen LogP contribution in [0.25, 0.3) is 22.2 Å². The molecule has 8 nitrogen and oxygen atoms in total. The average Bonchev–Trinajstić information content (AvgIpc) is 3.11. The molecule has 0 saturated heterocycles. The third-order valence-corrected chi connectivity index (χ3v) is 10.7. The molecule has 0 aromatic carbocycles.